The van der Waals surface area contributed by atoms with Crippen LogP contribution in [0.5, 0.6) is 17.4 Å². The maximum absolute atomic E-state index is 13.7. The highest BCUT2D eigenvalue weighted by atomic mass is 32.2. The number of nitrogens with one attached hydrogen (secondary N) is 3. The summed E-state index contributed by atoms with van der Waals surface area (Å²) in [7, 11) is -1.29. The van der Waals surface area contributed by atoms with Crippen molar-refractivity contribution >= 4 is 27.8 Å². The number of nitrogen functional groups attached to an aromatic ring is 1. The first-order valence-electron chi connectivity index (χ1n) is 15.1. The lowest BCUT2D eigenvalue weighted by Crippen LogP contribution is -2.38. The minimum atomic E-state index is -4.83. The number of pyridine rings is 1. The number of nitrogens with two attached hydrogens (primary N) is 1. The van der Waals surface area contributed by atoms with Crippen LogP contribution in [0.2, 0.25) is 0 Å². The minimum absolute atomic E-state index is 0.0355. The third-order valence-electron chi connectivity index (χ3n) is 7.56. The highest BCUT2D eigenvalue weighted by Crippen LogP contribution is 2.31. The molecule has 1 aromatic carbocycles. The Morgan fingerprint density at radius 1 is 1.16 bits per heavy atom. The third-order valence-corrected chi connectivity index (χ3v) is 8.97. The number of sulfonamides is 1. The molecular weight excluding hydrogens is 673 g/mol. The summed E-state index contributed by atoms with van der Waals surface area (Å²) in [4.78, 5) is 6.18. The summed E-state index contributed by atoms with van der Waals surface area (Å²) < 4.78 is 91.1. The van der Waals surface area contributed by atoms with Crippen molar-refractivity contribution in [2.45, 2.75) is 31.2 Å². The molecule has 0 saturated carbocycles. The molecule has 0 spiro atoms. The summed E-state index contributed by atoms with van der Waals surface area (Å²) in [6.07, 6.45) is -4.47. The molecule has 1 aliphatic heterocycles. The van der Waals surface area contributed by atoms with Crippen LogP contribution >= 0.6 is 0 Å². The first-order chi connectivity index (χ1) is 23.2. The number of hydrogen-bond acceptors (Lipinski definition) is 13. The monoisotopic (exact) mass is 712 g/mol. The van der Waals surface area contributed by atoms with Gasteiger partial charge in [0.15, 0.2) is 5.69 Å². The van der Waals surface area contributed by atoms with Gasteiger partial charge < -0.3 is 35.2 Å². The van der Waals surface area contributed by atoms with Crippen molar-refractivity contribution in [2.24, 2.45) is 0 Å². The van der Waals surface area contributed by atoms with Gasteiger partial charge in [0.1, 0.15) is 23.6 Å². The van der Waals surface area contributed by atoms with Gasteiger partial charge in [0.25, 0.3) is 0 Å². The zero-order chi connectivity index (χ0) is 35.8. The highest BCUT2D eigenvalue weighted by Gasteiger charge is 2.36. The fraction of sp³-hybridized carbons (Fsp3) is 0.467. The lowest BCUT2D eigenvalue weighted by atomic mass is 9.98. The Kier molecular flexibility index (Phi) is 12.6. The number of aromatic nitrogens is 3. The number of rotatable bonds is 16. The average molecular weight is 713 g/mol. The van der Waals surface area contributed by atoms with Gasteiger partial charge in [-0.3, -0.25) is 10.3 Å². The van der Waals surface area contributed by atoms with E-state index in [0.717, 1.165) is 17.0 Å². The van der Waals surface area contributed by atoms with Crippen LogP contribution in [-0.2, 0) is 27.4 Å². The second-order valence-electron chi connectivity index (χ2n) is 11.0. The molecule has 3 aromatic rings. The van der Waals surface area contributed by atoms with Crippen molar-refractivity contribution in [3.05, 3.63) is 59.0 Å². The van der Waals surface area contributed by atoms with E-state index in [1.54, 1.807) is 12.1 Å². The van der Waals surface area contributed by atoms with Crippen molar-refractivity contribution in [1.29, 1.82) is 10.8 Å². The number of aliphatic hydroxyl groups excluding tert-OH is 1. The average Bonchev–Trinajstić information content (AvgIpc) is 3.50. The van der Waals surface area contributed by atoms with Crippen molar-refractivity contribution in [3.8, 4) is 17.4 Å². The topological polar surface area (TPSA) is 211 Å². The van der Waals surface area contributed by atoms with Crippen LogP contribution in [0, 0.1) is 10.8 Å². The van der Waals surface area contributed by atoms with Gasteiger partial charge in [-0.1, -0.05) is 0 Å². The Labute approximate surface area is 281 Å². The van der Waals surface area contributed by atoms with Gasteiger partial charge in [0.2, 0.25) is 15.9 Å². The van der Waals surface area contributed by atoms with Crippen LogP contribution in [0.4, 0.5) is 18.9 Å². The Balaban J connectivity index is 1.53. The molecule has 0 radical (unpaired) electrons. The second-order valence-corrected chi connectivity index (χ2v) is 12.9. The number of ether oxygens (including phenoxy) is 4. The molecular formula is C30H39F3N8O7S. The predicted molar refractivity (Wildman–Crippen MR) is 173 cm³/mol. The molecule has 4 rings (SSSR count). The van der Waals surface area contributed by atoms with E-state index in [1.807, 2.05) is 0 Å². The maximum Gasteiger partial charge on any atom is 0.435 e. The van der Waals surface area contributed by atoms with Gasteiger partial charge >= 0.3 is 6.18 Å². The maximum atomic E-state index is 13.7. The summed E-state index contributed by atoms with van der Waals surface area (Å²) in [6, 6.07) is 6.69. The minimum Gasteiger partial charge on any atom is -0.497 e. The molecule has 2 atom stereocenters. The summed E-state index contributed by atoms with van der Waals surface area (Å²) in [5, 5.41) is 31.4. The molecule has 2 unspecified atom stereocenters. The molecule has 15 nitrogen and oxygen atoms in total. The fourth-order valence-corrected chi connectivity index (χ4v) is 6.19. The Bertz CT molecular complexity index is 1720. The van der Waals surface area contributed by atoms with Gasteiger partial charge in [0.05, 0.1) is 51.3 Å². The predicted octanol–water partition coefficient (Wildman–Crippen LogP) is 2.41. The molecule has 268 valence electrons. The first kappa shape index (κ1) is 37.5. The highest BCUT2D eigenvalue weighted by molar-refractivity contribution is 7.89. The summed E-state index contributed by atoms with van der Waals surface area (Å²) >= 11 is 0. The van der Waals surface area contributed by atoms with Crippen molar-refractivity contribution in [1.82, 2.24) is 24.4 Å². The molecule has 1 fully saturated rings. The molecule has 6 N–H and O–H groups in total. The van der Waals surface area contributed by atoms with Crippen LogP contribution in [0.25, 0.3) is 0 Å². The van der Waals surface area contributed by atoms with E-state index in [2.05, 4.69) is 19.7 Å². The Morgan fingerprint density at radius 3 is 2.53 bits per heavy atom. The van der Waals surface area contributed by atoms with E-state index < -0.39 is 39.9 Å². The third kappa shape index (κ3) is 10.1. The number of nitrogens with zero attached hydrogens (tertiary/aromatic N) is 4. The van der Waals surface area contributed by atoms with Gasteiger partial charge in [-0.25, -0.2) is 18.1 Å². The molecule has 0 aliphatic carbocycles. The zero-order valence-corrected chi connectivity index (χ0v) is 27.7. The van der Waals surface area contributed by atoms with Crippen LogP contribution < -0.4 is 24.7 Å². The van der Waals surface area contributed by atoms with E-state index in [0.29, 0.717) is 56.5 Å². The van der Waals surface area contributed by atoms with E-state index in [4.69, 9.17) is 35.5 Å². The molecule has 0 amide bonds. The summed E-state index contributed by atoms with van der Waals surface area (Å²) in [5.74, 6) is -1.53. The number of alkyl halides is 3. The fourth-order valence-electron chi connectivity index (χ4n) is 5.10. The molecule has 19 heteroatoms. The number of anilines is 1. The van der Waals surface area contributed by atoms with Crippen LogP contribution in [0.15, 0.2) is 36.5 Å². The smallest absolute Gasteiger partial charge is 0.435 e. The number of benzene rings is 1. The van der Waals surface area contributed by atoms with Crippen LogP contribution in [-0.4, -0.2) is 105 Å². The summed E-state index contributed by atoms with van der Waals surface area (Å²) in [6.45, 7) is 2.93. The standard InChI is InChI=1S/C30H39F3N8O7S/c1-45-22-13-20(35)14-23(16-22)48-8-4-21-15-26(30(31,32)33)38-41(21)27(36)25(17-34)19-12-24(29(46-2)37-18-19)28(42)39-49(43,44)11-3-5-40-6-9-47-10-7-40/h12-18,25,28,34,36,39,42H,3-11,35H2,1-2H3. The van der Waals surface area contributed by atoms with Gasteiger partial charge in [-0.05, 0) is 30.7 Å². The van der Waals surface area contributed by atoms with Crippen molar-refractivity contribution in [3.63, 3.8) is 0 Å². The molecule has 0 bridgehead atoms. The lowest BCUT2D eigenvalue weighted by molar-refractivity contribution is -0.141. The zero-order valence-electron chi connectivity index (χ0n) is 26.9. The molecule has 1 aliphatic rings. The summed E-state index contributed by atoms with van der Waals surface area (Å²) in [5.41, 5.74) is 4.86. The lowest BCUT2D eigenvalue weighted by Gasteiger charge is -2.26. The van der Waals surface area contributed by atoms with E-state index in [1.165, 1.54) is 32.5 Å². The van der Waals surface area contributed by atoms with E-state index in [-0.39, 0.29) is 41.5 Å². The quantitative estimate of drug-likeness (QED) is 0.0630. The SMILES string of the molecule is COc1cc(N)cc(OCCc2cc(C(F)(F)F)nn2C(=N)C(C=N)c2cnc(OC)c(C(O)NS(=O)(=O)CCCN3CCOCC3)c2)c1. The van der Waals surface area contributed by atoms with Gasteiger partial charge in [-0.2, -0.15) is 23.0 Å². The molecule has 49 heavy (non-hydrogen) atoms. The number of hydrogen-bond donors (Lipinski definition) is 5. The number of halogens is 3. The Hall–Kier alpha value is -4.30. The number of morpholine rings is 1. The van der Waals surface area contributed by atoms with Gasteiger partial charge in [-0.15, -0.1) is 0 Å². The number of methoxy groups -OCH3 is 2. The van der Waals surface area contributed by atoms with E-state index >= 15 is 0 Å². The van der Waals surface area contributed by atoms with Crippen LogP contribution in [0.3, 0.4) is 0 Å². The van der Waals surface area contributed by atoms with E-state index in [9.17, 15) is 26.7 Å². The largest absolute Gasteiger partial charge is 0.497 e. The molecule has 1 saturated heterocycles. The van der Waals surface area contributed by atoms with Crippen molar-refractivity contribution < 1.29 is 45.6 Å². The molecule has 2 aromatic heterocycles. The second kappa shape index (κ2) is 16.4. The van der Waals surface area contributed by atoms with Gasteiger partial charge in [0, 0.05) is 61.5 Å². The number of aliphatic hydroxyl groups is 1. The van der Waals surface area contributed by atoms with Crippen molar-refractivity contribution in [2.75, 3.05) is 65.2 Å². The normalized spacial score (nSPS) is 15.4. The Morgan fingerprint density at radius 2 is 1.88 bits per heavy atom. The first-order valence-corrected chi connectivity index (χ1v) is 16.7. The molecule has 3 heterocycles. The van der Waals surface area contributed by atoms with Crippen LogP contribution in [0.1, 0.15) is 41.1 Å².